The number of fused-ring (bicyclic) bond motifs is 1. The predicted octanol–water partition coefficient (Wildman–Crippen LogP) is 2.13. The number of nitrogens with zero attached hydrogens (tertiary/aromatic N) is 2. The number of methoxy groups -OCH3 is 1. The van der Waals surface area contributed by atoms with Gasteiger partial charge in [0.15, 0.2) is 0 Å². The fourth-order valence-electron chi connectivity index (χ4n) is 3.10. The van der Waals surface area contributed by atoms with E-state index in [0.717, 1.165) is 0 Å². The molecule has 1 amide bonds. The number of thiocarbonyl (C=S) groups is 1. The van der Waals surface area contributed by atoms with Crippen LogP contribution in [-0.2, 0) is 25.7 Å². The molecule has 0 spiro atoms. The van der Waals surface area contributed by atoms with E-state index in [9.17, 15) is 24.8 Å². The van der Waals surface area contributed by atoms with E-state index in [1.807, 2.05) is 0 Å². The number of β-lactam (4-membered cyclic amide) rings is 1. The van der Waals surface area contributed by atoms with Crippen molar-refractivity contribution in [2.75, 3.05) is 7.11 Å². The average Bonchev–Trinajstić information content (AvgIpc) is 2.99. The van der Waals surface area contributed by atoms with Crippen molar-refractivity contribution in [3.63, 3.8) is 0 Å². The van der Waals surface area contributed by atoms with E-state index >= 15 is 0 Å². The second kappa shape index (κ2) is 8.47. The van der Waals surface area contributed by atoms with Gasteiger partial charge in [-0.25, -0.2) is 0 Å². The van der Waals surface area contributed by atoms with E-state index in [1.165, 1.54) is 35.9 Å². The first kappa shape index (κ1) is 21.2. The summed E-state index contributed by atoms with van der Waals surface area (Å²) >= 11 is 6.65. The Labute approximate surface area is 175 Å². The summed E-state index contributed by atoms with van der Waals surface area (Å²) < 4.78 is 10.4. The zero-order valence-electron chi connectivity index (χ0n) is 15.6. The number of carbonyl (C=O) groups is 2. The Bertz CT molecular complexity index is 898. The van der Waals surface area contributed by atoms with Crippen LogP contribution in [0.4, 0.5) is 5.69 Å². The van der Waals surface area contributed by atoms with Crippen LogP contribution in [0, 0.1) is 16.0 Å². The van der Waals surface area contributed by atoms with Crippen LogP contribution in [0.2, 0.25) is 0 Å². The van der Waals surface area contributed by atoms with E-state index in [4.69, 9.17) is 21.7 Å². The number of aliphatic hydroxyl groups is 1. The van der Waals surface area contributed by atoms with Crippen molar-refractivity contribution in [3.05, 3.63) is 50.5 Å². The Morgan fingerprint density at radius 3 is 2.62 bits per heavy atom. The minimum atomic E-state index is -0.829. The van der Waals surface area contributed by atoms with Crippen molar-refractivity contribution in [1.82, 2.24) is 4.90 Å². The molecule has 3 rings (SSSR count). The smallest absolute Gasteiger partial charge is 0.310 e. The molecule has 1 saturated heterocycles. The molecule has 3 atom stereocenters. The number of non-ortho nitro benzene ring substituents is 1. The number of ether oxygens (including phenoxy) is 2. The molecule has 0 saturated carbocycles. The van der Waals surface area contributed by atoms with Crippen LogP contribution >= 0.6 is 24.0 Å². The fourth-order valence-corrected chi connectivity index (χ4v) is 5.05. The summed E-state index contributed by atoms with van der Waals surface area (Å²) in [6.07, 6.45) is -0.894. The highest BCUT2D eigenvalue weighted by Crippen LogP contribution is 2.51. The molecule has 1 fully saturated rings. The maximum atomic E-state index is 12.5. The Hall–Kier alpha value is -2.50. The molecule has 29 heavy (non-hydrogen) atoms. The molecule has 0 aliphatic carbocycles. The van der Waals surface area contributed by atoms with Crippen molar-refractivity contribution in [1.29, 1.82) is 0 Å². The lowest BCUT2D eigenvalue weighted by Gasteiger charge is -2.44. The molecule has 1 aromatic rings. The maximum Gasteiger partial charge on any atom is 0.310 e. The highest BCUT2D eigenvalue weighted by molar-refractivity contribution is 8.04. The molecular formula is C18H18N2O7S2. The van der Waals surface area contributed by atoms with Gasteiger partial charge >= 0.3 is 5.97 Å². The standard InChI is InChI=1S/C18H18N2O7S2/c1-9(21)14-16(23)19-15(12(29-17(14)19)7-13(22)26-2)18(28)27-8-10-3-5-11(6-4-10)20(24)25/h3-6,9,14,17,21H,7-8H2,1-2H3/t9?,14?,17-/m1/s1. The number of hydrogen-bond donors (Lipinski definition) is 1. The number of hydrogen-bond acceptors (Lipinski definition) is 9. The Kier molecular flexibility index (Phi) is 6.20. The van der Waals surface area contributed by atoms with Gasteiger partial charge in [0.25, 0.3) is 5.69 Å². The van der Waals surface area contributed by atoms with Crippen molar-refractivity contribution in [3.8, 4) is 0 Å². The molecule has 0 bridgehead atoms. The van der Waals surface area contributed by atoms with Gasteiger partial charge in [-0.3, -0.25) is 24.6 Å². The number of aliphatic hydroxyl groups excluding tert-OH is 1. The first-order valence-corrected chi connectivity index (χ1v) is 9.91. The number of nitro groups is 1. The Morgan fingerprint density at radius 2 is 2.07 bits per heavy atom. The topological polar surface area (TPSA) is 119 Å². The molecule has 0 radical (unpaired) electrons. The summed E-state index contributed by atoms with van der Waals surface area (Å²) in [6.45, 7) is 1.59. The number of benzene rings is 1. The van der Waals surface area contributed by atoms with E-state index in [1.54, 1.807) is 19.1 Å². The molecular weight excluding hydrogens is 420 g/mol. The van der Waals surface area contributed by atoms with Crippen LogP contribution < -0.4 is 0 Å². The molecule has 9 nitrogen and oxygen atoms in total. The third-order valence-corrected chi connectivity index (χ3v) is 6.29. The zero-order valence-corrected chi connectivity index (χ0v) is 17.2. The summed E-state index contributed by atoms with van der Waals surface area (Å²) in [5.74, 6) is -1.34. The van der Waals surface area contributed by atoms with Gasteiger partial charge in [-0.2, -0.15) is 0 Å². The predicted molar refractivity (Wildman–Crippen MR) is 108 cm³/mol. The molecule has 1 N–H and O–H groups in total. The second-order valence-corrected chi connectivity index (χ2v) is 8.09. The lowest BCUT2D eigenvalue weighted by molar-refractivity contribution is -0.384. The third-order valence-electron chi connectivity index (χ3n) is 4.62. The number of esters is 1. The first-order chi connectivity index (χ1) is 13.7. The normalized spacial score (nSPS) is 21.3. The van der Waals surface area contributed by atoms with Gasteiger partial charge in [0, 0.05) is 17.0 Å². The van der Waals surface area contributed by atoms with Gasteiger partial charge in [-0.05, 0) is 36.8 Å². The fraction of sp³-hybridized carbons (Fsp3) is 0.389. The minimum Gasteiger partial charge on any atom is -0.477 e. The molecule has 2 aliphatic heterocycles. The quantitative estimate of drug-likeness (QED) is 0.224. The number of thioether (sulfide) groups is 1. The summed E-state index contributed by atoms with van der Waals surface area (Å²) in [4.78, 5) is 36.5. The van der Waals surface area contributed by atoms with Crippen LogP contribution in [0.15, 0.2) is 34.9 Å². The van der Waals surface area contributed by atoms with Crippen LogP contribution in [0.5, 0.6) is 0 Å². The first-order valence-electron chi connectivity index (χ1n) is 8.62. The van der Waals surface area contributed by atoms with E-state index in [-0.39, 0.29) is 35.0 Å². The Morgan fingerprint density at radius 1 is 1.41 bits per heavy atom. The van der Waals surface area contributed by atoms with Gasteiger partial charge in [-0.15, -0.1) is 11.8 Å². The van der Waals surface area contributed by atoms with Gasteiger partial charge in [0.2, 0.25) is 11.0 Å². The van der Waals surface area contributed by atoms with Crippen LogP contribution in [0.1, 0.15) is 18.9 Å². The zero-order chi connectivity index (χ0) is 21.3. The number of nitro benzene ring substituents is 1. The van der Waals surface area contributed by atoms with E-state index in [0.29, 0.717) is 16.2 Å². The van der Waals surface area contributed by atoms with Crippen molar-refractivity contribution >= 4 is 46.6 Å². The van der Waals surface area contributed by atoms with E-state index in [2.05, 4.69) is 0 Å². The monoisotopic (exact) mass is 438 g/mol. The summed E-state index contributed by atoms with van der Waals surface area (Å²) in [7, 11) is 1.27. The minimum absolute atomic E-state index is 0.0367. The second-order valence-electron chi connectivity index (χ2n) is 6.51. The summed E-state index contributed by atoms with van der Waals surface area (Å²) in [5.41, 5.74) is 0.959. The SMILES string of the molecule is COC(=O)CC1=C(C(=S)OCc2ccc([N+](=O)[O-])cc2)N2C(=O)C(C(C)O)[C@H]2S1. The van der Waals surface area contributed by atoms with Crippen molar-refractivity contribution in [2.45, 2.75) is 31.4 Å². The van der Waals surface area contributed by atoms with Gasteiger partial charge in [-0.1, -0.05) is 0 Å². The largest absolute Gasteiger partial charge is 0.477 e. The Balaban J connectivity index is 1.76. The number of amides is 1. The highest BCUT2D eigenvalue weighted by atomic mass is 32.2. The number of carbonyl (C=O) groups excluding carboxylic acids is 2. The molecule has 1 aromatic carbocycles. The van der Waals surface area contributed by atoms with Crippen LogP contribution in [0.25, 0.3) is 0 Å². The summed E-state index contributed by atoms with van der Waals surface area (Å²) in [5, 5.41) is 20.3. The molecule has 2 unspecified atom stereocenters. The summed E-state index contributed by atoms with van der Waals surface area (Å²) in [6, 6.07) is 5.82. The third kappa shape index (κ3) is 4.11. The van der Waals surface area contributed by atoms with E-state index < -0.39 is 22.9 Å². The lowest BCUT2D eigenvalue weighted by atomic mass is 9.92. The van der Waals surface area contributed by atoms with Crippen molar-refractivity contribution < 1.29 is 29.1 Å². The molecule has 11 heteroatoms. The number of rotatable bonds is 7. The molecule has 154 valence electrons. The lowest BCUT2D eigenvalue weighted by Crippen LogP contribution is -2.60. The van der Waals surface area contributed by atoms with Gasteiger partial charge in [0.1, 0.15) is 17.7 Å². The molecule has 2 aliphatic rings. The molecule has 2 heterocycles. The van der Waals surface area contributed by atoms with Gasteiger partial charge in [0.05, 0.1) is 30.5 Å². The van der Waals surface area contributed by atoms with Crippen LogP contribution in [-0.4, -0.2) is 50.4 Å². The van der Waals surface area contributed by atoms with Crippen LogP contribution in [0.3, 0.4) is 0 Å². The average molecular weight is 438 g/mol. The molecule has 0 aromatic heterocycles. The van der Waals surface area contributed by atoms with Crippen molar-refractivity contribution in [2.24, 2.45) is 5.92 Å². The van der Waals surface area contributed by atoms with Gasteiger partial charge < -0.3 is 14.6 Å². The highest BCUT2D eigenvalue weighted by Gasteiger charge is 2.57. The maximum absolute atomic E-state index is 12.5.